The summed E-state index contributed by atoms with van der Waals surface area (Å²) in [5, 5.41) is 20.1. The number of carboxylic acid groups (broad SMARTS) is 1. The highest BCUT2D eigenvalue weighted by atomic mass is 16.4. The highest BCUT2D eigenvalue weighted by molar-refractivity contribution is 5.82. The van der Waals surface area contributed by atoms with Gasteiger partial charge in [0.05, 0.1) is 12.6 Å². The molecule has 6 heteroatoms. The van der Waals surface area contributed by atoms with Crippen molar-refractivity contribution >= 4 is 11.9 Å². The Hall–Kier alpha value is -1.61. The molecule has 1 aliphatic heterocycles. The van der Waals surface area contributed by atoms with Gasteiger partial charge < -0.3 is 10.4 Å². The molecule has 1 fully saturated rings. The Kier molecular flexibility index (Phi) is 4.46. The third kappa shape index (κ3) is 2.74. The first-order valence-corrected chi connectivity index (χ1v) is 5.69. The van der Waals surface area contributed by atoms with E-state index in [1.54, 1.807) is 4.90 Å². The summed E-state index contributed by atoms with van der Waals surface area (Å²) in [6.45, 7) is 2.43. The molecule has 1 heterocycles. The van der Waals surface area contributed by atoms with Crippen molar-refractivity contribution in [3.63, 3.8) is 0 Å². The van der Waals surface area contributed by atoms with Crippen LogP contribution in [0.1, 0.15) is 26.2 Å². The van der Waals surface area contributed by atoms with Gasteiger partial charge >= 0.3 is 5.97 Å². The van der Waals surface area contributed by atoms with Crippen LogP contribution >= 0.6 is 0 Å². The monoisotopic (exact) mass is 239 g/mol. The van der Waals surface area contributed by atoms with E-state index >= 15 is 0 Å². The molecule has 0 aromatic rings. The smallest absolute Gasteiger partial charge is 0.324 e. The van der Waals surface area contributed by atoms with E-state index in [0.29, 0.717) is 19.4 Å². The zero-order chi connectivity index (χ0) is 12.9. The Morgan fingerprint density at radius 3 is 2.82 bits per heavy atom. The molecule has 0 radical (unpaired) electrons. The predicted octanol–water partition coefficient (Wildman–Crippen LogP) is -0.0446. The Bertz CT molecular complexity index is 350. The predicted molar refractivity (Wildman–Crippen MR) is 60.1 cm³/mol. The zero-order valence-corrected chi connectivity index (χ0v) is 9.90. The zero-order valence-electron chi connectivity index (χ0n) is 9.90. The Labute approximate surface area is 100 Å². The molecule has 1 saturated heterocycles. The van der Waals surface area contributed by atoms with Crippen LogP contribution in [0.3, 0.4) is 0 Å². The molecule has 0 bridgehead atoms. The van der Waals surface area contributed by atoms with E-state index in [1.165, 1.54) is 0 Å². The molecular formula is C11H17N3O3. The van der Waals surface area contributed by atoms with E-state index in [4.69, 9.17) is 5.26 Å². The van der Waals surface area contributed by atoms with Crippen molar-refractivity contribution < 1.29 is 14.7 Å². The van der Waals surface area contributed by atoms with Crippen molar-refractivity contribution in [2.75, 3.05) is 19.6 Å². The van der Waals surface area contributed by atoms with Gasteiger partial charge in [0, 0.05) is 0 Å². The van der Waals surface area contributed by atoms with Crippen LogP contribution in [-0.2, 0) is 9.59 Å². The van der Waals surface area contributed by atoms with Gasteiger partial charge in [-0.2, -0.15) is 5.26 Å². The number of amides is 1. The second-order valence-corrected chi connectivity index (χ2v) is 4.15. The highest BCUT2D eigenvalue weighted by Crippen LogP contribution is 2.32. The van der Waals surface area contributed by atoms with Gasteiger partial charge in [0.2, 0.25) is 5.91 Å². The number of aliphatic carboxylic acids is 1. The minimum Gasteiger partial charge on any atom is -0.480 e. The molecule has 17 heavy (non-hydrogen) atoms. The maximum Gasteiger partial charge on any atom is 0.324 e. The van der Waals surface area contributed by atoms with Crippen molar-refractivity contribution in [2.45, 2.75) is 31.7 Å². The number of carboxylic acids is 1. The maximum absolute atomic E-state index is 11.5. The Morgan fingerprint density at radius 1 is 1.59 bits per heavy atom. The van der Waals surface area contributed by atoms with E-state index in [2.05, 4.69) is 5.32 Å². The fourth-order valence-electron chi connectivity index (χ4n) is 2.33. The van der Waals surface area contributed by atoms with Crippen LogP contribution < -0.4 is 5.32 Å². The van der Waals surface area contributed by atoms with E-state index in [1.807, 2.05) is 13.0 Å². The van der Waals surface area contributed by atoms with E-state index in [9.17, 15) is 14.7 Å². The van der Waals surface area contributed by atoms with Gasteiger partial charge in [-0.1, -0.05) is 6.92 Å². The summed E-state index contributed by atoms with van der Waals surface area (Å²) >= 11 is 0. The normalized spacial score (nSPS) is 24.2. The molecule has 0 aromatic heterocycles. The number of nitriles is 1. The van der Waals surface area contributed by atoms with Crippen LogP contribution in [-0.4, -0.2) is 47.1 Å². The van der Waals surface area contributed by atoms with Gasteiger partial charge in [0.1, 0.15) is 12.1 Å². The van der Waals surface area contributed by atoms with Crippen molar-refractivity contribution in [1.82, 2.24) is 10.2 Å². The van der Waals surface area contributed by atoms with Crippen molar-refractivity contribution in [2.24, 2.45) is 0 Å². The van der Waals surface area contributed by atoms with Gasteiger partial charge in [0.15, 0.2) is 0 Å². The number of nitrogens with zero attached hydrogens (tertiary/aromatic N) is 2. The van der Waals surface area contributed by atoms with E-state index in [-0.39, 0.29) is 19.0 Å². The Morgan fingerprint density at radius 2 is 2.29 bits per heavy atom. The number of hydrogen-bond donors (Lipinski definition) is 2. The number of rotatable bonds is 5. The molecule has 94 valence electrons. The van der Waals surface area contributed by atoms with Gasteiger partial charge in [-0.15, -0.1) is 0 Å². The summed E-state index contributed by atoms with van der Waals surface area (Å²) in [6.07, 6.45) is 1.84. The minimum atomic E-state index is -0.913. The topological polar surface area (TPSA) is 93.4 Å². The van der Waals surface area contributed by atoms with Gasteiger partial charge in [-0.3, -0.25) is 14.5 Å². The second-order valence-electron chi connectivity index (χ2n) is 4.15. The summed E-state index contributed by atoms with van der Waals surface area (Å²) in [6, 6.07) is 1.81. The second kappa shape index (κ2) is 5.64. The molecule has 0 aromatic carbocycles. The van der Waals surface area contributed by atoms with Crippen LogP contribution in [0, 0.1) is 11.3 Å². The highest BCUT2D eigenvalue weighted by Gasteiger charge is 2.46. The molecule has 6 nitrogen and oxygen atoms in total. The lowest BCUT2D eigenvalue weighted by Crippen LogP contribution is -2.53. The first kappa shape index (κ1) is 13.5. The largest absolute Gasteiger partial charge is 0.480 e. The van der Waals surface area contributed by atoms with E-state index in [0.717, 1.165) is 6.42 Å². The maximum atomic E-state index is 11.5. The molecule has 2 N–H and O–H groups in total. The summed E-state index contributed by atoms with van der Waals surface area (Å²) in [4.78, 5) is 24.5. The van der Waals surface area contributed by atoms with Crippen LogP contribution in [0.25, 0.3) is 0 Å². The lowest BCUT2D eigenvalue weighted by molar-refractivity contribution is -0.150. The molecule has 0 aliphatic carbocycles. The minimum absolute atomic E-state index is 0.0428. The lowest BCUT2D eigenvalue weighted by atomic mass is 9.93. The number of carbonyl (C=O) groups excluding carboxylic acids is 1. The fraction of sp³-hybridized carbons (Fsp3) is 0.727. The molecule has 1 aliphatic rings. The Balaban J connectivity index is 2.66. The summed E-state index contributed by atoms with van der Waals surface area (Å²) in [5.41, 5.74) is -0.913. The molecule has 1 amide bonds. The van der Waals surface area contributed by atoms with Crippen molar-refractivity contribution in [3.8, 4) is 6.07 Å². The molecule has 0 spiro atoms. The number of likely N-dealkylation sites (tertiary alicyclic amines) is 1. The van der Waals surface area contributed by atoms with E-state index < -0.39 is 11.5 Å². The van der Waals surface area contributed by atoms with Crippen LogP contribution in [0.15, 0.2) is 0 Å². The summed E-state index contributed by atoms with van der Waals surface area (Å²) < 4.78 is 0. The lowest BCUT2D eigenvalue weighted by Gasteiger charge is -2.33. The molecular weight excluding hydrogens is 222 g/mol. The van der Waals surface area contributed by atoms with Crippen LogP contribution in [0.2, 0.25) is 0 Å². The van der Waals surface area contributed by atoms with Crippen molar-refractivity contribution in [3.05, 3.63) is 0 Å². The molecule has 1 rings (SSSR count). The average molecular weight is 239 g/mol. The first-order valence-electron chi connectivity index (χ1n) is 5.69. The first-order chi connectivity index (χ1) is 8.06. The van der Waals surface area contributed by atoms with Crippen LogP contribution in [0.5, 0.6) is 0 Å². The van der Waals surface area contributed by atoms with Gasteiger partial charge in [0.25, 0.3) is 0 Å². The number of carbonyl (C=O) groups is 2. The molecule has 0 saturated carbocycles. The fourth-order valence-corrected chi connectivity index (χ4v) is 2.33. The standard InChI is InChI=1S/C11H17N3O3/c1-2-11(10(16)17)4-3-7-14(11)8-9(15)13-6-5-12/h2-4,6-8H2,1H3,(H,13,15)(H,16,17). The van der Waals surface area contributed by atoms with Gasteiger partial charge in [-0.25, -0.2) is 0 Å². The number of hydrogen-bond acceptors (Lipinski definition) is 4. The summed E-state index contributed by atoms with van der Waals surface area (Å²) in [7, 11) is 0. The third-order valence-electron chi connectivity index (χ3n) is 3.31. The number of nitrogens with one attached hydrogen (secondary N) is 1. The molecule has 1 atom stereocenters. The molecule has 1 unspecified atom stereocenters. The quantitative estimate of drug-likeness (QED) is 0.656. The van der Waals surface area contributed by atoms with Crippen molar-refractivity contribution in [1.29, 1.82) is 5.26 Å². The van der Waals surface area contributed by atoms with Gasteiger partial charge in [-0.05, 0) is 25.8 Å². The average Bonchev–Trinajstić information content (AvgIpc) is 2.70. The third-order valence-corrected chi connectivity index (χ3v) is 3.31. The van der Waals surface area contributed by atoms with Crippen LogP contribution in [0.4, 0.5) is 0 Å². The summed E-state index contributed by atoms with van der Waals surface area (Å²) in [5.74, 6) is -1.17. The SMILES string of the molecule is CCC1(C(=O)O)CCCN1CC(=O)NCC#N.